The summed E-state index contributed by atoms with van der Waals surface area (Å²) in [5.74, 6) is -9.69. The number of carboxylic acid groups (broad SMARTS) is 1. The van der Waals surface area contributed by atoms with Crippen LogP contribution in [0.1, 0.15) is 118 Å². The first-order chi connectivity index (χ1) is 38.7. The Bertz CT molecular complexity index is 2510. The highest BCUT2D eigenvalue weighted by Crippen LogP contribution is 2.20. The van der Waals surface area contributed by atoms with Crippen molar-refractivity contribution in [2.75, 3.05) is 26.2 Å². The van der Waals surface area contributed by atoms with Crippen molar-refractivity contribution in [3.63, 3.8) is 0 Å². The van der Waals surface area contributed by atoms with Gasteiger partial charge in [0.2, 0.25) is 53.2 Å². The molecule has 0 aliphatic heterocycles. The van der Waals surface area contributed by atoms with Crippen molar-refractivity contribution < 1.29 is 53.1 Å². The number of carboxylic acids is 1. The summed E-state index contributed by atoms with van der Waals surface area (Å²) in [7, 11) is 0. The van der Waals surface area contributed by atoms with E-state index in [1.165, 1.54) is 0 Å². The van der Waals surface area contributed by atoms with Gasteiger partial charge in [-0.25, -0.2) is 4.79 Å². The van der Waals surface area contributed by atoms with E-state index in [9.17, 15) is 53.1 Å². The number of nitrogens with one attached hydrogen (secondary N) is 9. The predicted molar refractivity (Wildman–Crippen MR) is 309 cm³/mol. The molecule has 0 radical (unpaired) electrons. The Morgan fingerprint density at radius 3 is 1.60 bits per heavy atom. The first kappa shape index (κ1) is 70.0. The third-order valence-corrected chi connectivity index (χ3v) is 13.1. The quantitative estimate of drug-likeness (QED) is 0.0179. The molecule has 29 nitrogen and oxygen atoms in total. The van der Waals surface area contributed by atoms with E-state index in [4.69, 9.17) is 40.1 Å². The number of carbonyl (C=O) groups is 10. The summed E-state index contributed by atoms with van der Waals surface area (Å²) in [5, 5.41) is 31.7. The molecule has 9 atom stereocenters. The van der Waals surface area contributed by atoms with E-state index in [2.05, 4.69) is 57.5 Å². The number of aromatic nitrogens is 1. The average Bonchev–Trinajstić information content (AvgIpc) is 3.96. The second kappa shape index (κ2) is 36.3. The summed E-state index contributed by atoms with van der Waals surface area (Å²) < 4.78 is 0. The van der Waals surface area contributed by atoms with Crippen LogP contribution in [0.3, 0.4) is 0 Å². The van der Waals surface area contributed by atoms with Crippen LogP contribution < -0.4 is 82.7 Å². The Morgan fingerprint density at radius 2 is 1.06 bits per heavy atom. The minimum Gasteiger partial charge on any atom is -0.480 e. The molecule has 1 aromatic carbocycles. The van der Waals surface area contributed by atoms with E-state index < -0.39 is 126 Å². The Hall–Kier alpha value is -8.08. The number of H-pyrrole nitrogens is 1. The number of primary amides is 1. The number of rotatable bonds is 39. The zero-order chi connectivity index (χ0) is 61.6. The number of aliphatic imine (C=N–C) groups is 2. The standard InChI is InChI=1S/C53H90N18O11/c1-7-30(6)43(50(80)64-27-42(73)65-35(17-12-20-61-52(57)58)45(75)66-36(16-10-11-19-54)46(76)67-37(51(81)82)18-13-21-62-53(59)60)71-49(79)39(23-29(4)5)69-48(78)40(24-31-26-63-34-15-9-8-14-32(31)34)70-47(77)38(22-28(2)3)68-44(74)33(55)25-41(56)72/h8-9,14-15,26,28-30,33,35-40,43,63H,7,10-13,16-25,27,54-55H2,1-6H3,(H2,56,72)(H,64,80)(H,65,73)(H,66,75)(H,67,76)(H,68,74)(H,69,78)(H,70,77)(H,71,79)(H,81,82)(H4,57,58,61)(H4,59,60,62)/t30-,33-,35-,36-,37-,38-,39-,40-,43-/m0/s1. The number of carbonyl (C=O) groups excluding carboxylic acids is 9. The van der Waals surface area contributed by atoms with Crippen molar-refractivity contribution in [2.24, 2.45) is 67.9 Å². The van der Waals surface area contributed by atoms with Crippen LogP contribution in [0, 0.1) is 17.8 Å². The van der Waals surface area contributed by atoms with Gasteiger partial charge in [0.15, 0.2) is 11.9 Å². The normalized spacial score (nSPS) is 14.5. The molecule has 0 fully saturated rings. The fourth-order valence-corrected chi connectivity index (χ4v) is 8.59. The maximum Gasteiger partial charge on any atom is 0.326 e. The Morgan fingerprint density at radius 1 is 0.585 bits per heavy atom. The fraction of sp³-hybridized carbons (Fsp3) is 0.623. The number of aliphatic carboxylic acids is 1. The number of aromatic amines is 1. The van der Waals surface area contributed by atoms with E-state index in [1.807, 2.05) is 52.0 Å². The van der Waals surface area contributed by atoms with Crippen LogP contribution in [-0.4, -0.2) is 156 Å². The van der Waals surface area contributed by atoms with Gasteiger partial charge in [0, 0.05) is 36.6 Å². The molecule has 1 heterocycles. The topological polar surface area (TPSA) is 510 Å². The highest BCUT2D eigenvalue weighted by Gasteiger charge is 2.35. The lowest BCUT2D eigenvalue weighted by molar-refractivity contribution is -0.142. The minimum absolute atomic E-state index is 0.0363. The number of nitrogens with two attached hydrogens (primary N) is 7. The highest BCUT2D eigenvalue weighted by atomic mass is 16.4. The van der Waals surface area contributed by atoms with E-state index >= 15 is 0 Å². The maximum atomic E-state index is 14.5. The van der Waals surface area contributed by atoms with Crippen LogP contribution in [0.2, 0.25) is 0 Å². The van der Waals surface area contributed by atoms with Crippen molar-refractivity contribution in [1.82, 2.24) is 47.5 Å². The molecule has 2 rings (SSSR count). The zero-order valence-corrected chi connectivity index (χ0v) is 48.0. The summed E-state index contributed by atoms with van der Waals surface area (Å²) in [4.78, 5) is 146. The summed E-state index contributed by atoms with van der Waals surface area (Å²) in [5.41, 5.74) is 39.9. The molecule has 0 saturated heterocycles. The number of hydrogen-bond acceptors (Lipinski definition) is 14. The summed E-state index contributed by atoms with van der Waals surface area (Å²) in [6.45, 7) is 10.5. The number of para-hydroxylation sites is 1. The molecule has 0 spiro atoms. The number of nitrogens with zero attached hydrogens (tertiary/aromatic N) is 2. The Kier molecular flexibility index (Phi) is 31.0. The molecule has 0 aliphatic carbocycles. The molecular weight excluding hydrogens is 1060 g/mol. The van der Waals surface area contributed by atoms with Gasteiger partial charge in [0.25, 0.3) is 0 Å². The van der Waals surface area contributed by atoms with Crippen LogP contribution in [0.4, 0.5) is 0 Å². The number of unbranched alkanes of at least 4 members (excludes halogenated alkanes) is 1. The number of fused-ring (bicyclic) bond motifs is 1. The summed E-state index contributed by atoms with van der Waals surface area (Å²) >= 11 is 0. The first-order valence-corrected chi connectivity index (χ1v) is 27.7. The molecular formula is C53H90N18O11. The van der Waals surface area contributed by atoms with Gasteiger partial charge in [0.1, 0.15) is 42.3 Å². The van der Waals surface area contributed by atoms with Crippen LogP contribution >= 0.6 is 0 Å². The van der Waals surface area contributed by atoms with Gasteiger partial charge in [0.05, 0.1) is 19.0 Å². The zero-order valence-electron chi connectivity index (χ0n) is 48.0. The molecule has 0 aliphatic rings. The molecule has 0 bridgehead atoms. The van der Waals surface area contributed by atoms with Crippen LogP contribution in [0.15, 0.2) is 40.4 Å². The molecule has 0 unspecified atom stereocenters. The molecule has 1 aromatic heterocycles. The highest BCUT2D eigenvalue weighted by molar-refractivity contribution is 5.98. The van der Waals surface area contributed by atoms with Crippen LogP contribution in [-0.2, 0) is 54.4 Å². The minimum atomic E-state index is -1.35. The lowest BCUT2D eigenvalue weighted by atomic mass is 9.96. The van der Waals surface area contributed by atoms with Gasteiger partial charge >= 0.3 is 5.97 Å². The van der Waals surface area contributed by atoms with Crippen molar-refractivity contribution in [3.8, 4) is 0 Å². The molecule has 82 heavy (non-hydrogen) atoms. The molecule has 24 N–H and O–H groups in total. The van der Waals surface area contributed by atoms with Crippen LogP contribution in [0.25, 0.3) is 10.9 Å². The molecule has 0 saturated carbocycles. The molecule has 458 valence electrons. The molecule has 29 heteroatoms. The Balaban J connectivity index is 2.40. The van der Waals surface area contributed by atoms with Crippen molar-refractivity contribution in [2.45, 2.75) is 167 Å². The number of guanidine groups is 2. The maximum absolute atomic E-state index is 14.5. The van der Waals surface area contributed by atoms with Crippen molar-refractivity contribution in [3.05, 3.63) is 36.0 Å². The molecule has 9 amide bonds. The van der Waals surface area contributed by atoms with Crippen molar-refractivity contribution in [1.29, 1.82) is 0 Å². The van der Waals surface area contributed by atoms with Gasteiger partial charge in [-0.1, -0.05) is 66.2 Å². The summed E-state index contributed by atoms with van der Waals surface area (Å²) in [6, 6.07) is -3.02. The SMILES string of the molecule is CC[C@H](C)[C@H](NC(=O)[C@H](CC(C)C)NC(=O)[C@H](Cc1c[nH]c2ccccc12)NC(=O)[C@H](CC(C)C)NC(=O)[C@@H](N)CC(N)=O)C(=O)NCC(=O)N[C@@H](CCCN=C(N)N)C(=O)N[C@@H](CCCCN)C(=O)N[C@@H](CCCN=C(N)N)C(=O)O. The fourth-order valence-electron chi connectivity index (χ4n) is 8.59. The second-order valence-corrected chi connectivity index (χ2v) is 21.1. The monoisotopic (exact) mass is 1150 g/mol. The lowest BCUT2D eigenvalue weighted by Crippen LogP contribution is -2.60. The van der Waals surface area contributed by atoms with Gasteiger partial charge < -0.3 is 92.8 Å². The third kappa shape index (κ3) is 26.0. The van der Waals surface area contributed by atoms with E-state index in [0.717, 1.165) is 10.9 Å². The average molecular weight is 1160 g/mol. The molecule has 2 aromatic rings. The number of benzene rings is 1. The van der Waals surface area contributed by atoms with E-state index in [1.54, 1.807) is 20.0 Å². The van der Waals surface area contributed by atoms with Gasteiger partial charge in [-0.15, -0.1) is 0 Å². The van der Waals surface area contributed by atoms with Crippen molar-refractivity contribution >= 4 is 82.0 Å². The predicted octanol–water partition coefficient (Wildman–Crippen LogP) is -3.12. The van der Waals surface area contributed by atoms with Gasteiger partial charge in [-0.05, 0) is 93.7 Å². The lowest BCUT2D eigenvalue weighted by Gasteiger charge is -2.29. The third-order valence-electron chi connectivity index (χ3n) is 13.1. The first-order valence-electron chi connectivity index (χ1n) is 27.7. The summed E-state index contributed by atoms with van der Waals surface area (Å²) in [6.07, 6.45) is 2.91. The second-order valence-electron chi connectivity index (χ2n) is 21.1. The van der Waals surface area contributed by atoms with E-state index in [0.29, 0.717) is 24.8 Å². The number of amides is 9. The largest absolute Gasteiger partial charge is 0.480 e. The smallest absolute Gasteiger partial charge is 0.326 e. The van der Waals surface area contributed by atoms with Crippen LogP contribution in [0.5, 0.6) is 0 Å². The van der Waals surface area contributed by atoms with Gasteiger partial charge in [-0.2, -0.15) is 0 Å². The number of hydrogen-bond donors (Lipinski definition) is 17. The van der Waals surface area contributed by atoms with Gasteiger partial charge in [-0.3, -0.25) is 53.1 Å². The Labute approximate surface area is 478 Å². The van der Waals surface area contributed by atoms with E-state index in [-0.39, 0.29) is 94.8 Å².